The molecule has 0 bridgehead atoms. The highest BCUT2D eigenvalue weighted by Crippen LogP contribution is 2.17. The molecule has 20 heavy (non-hydrogen) atoms. The maximum Gasteiger partial charge on any atom is 0.512 e. The molecule has 1 aromatic carbocycles. The largest absolute Gasteiger partial charge is 0.512 e. The van der Waals surface area contributed by atoms with E-state index in [0.717, 1.165) is 38.2 Å². The number of hydrogen-bond acceptors (Lipinski definition) is 2. The summed E-state index contributed by atoms with van der Waals surface area (Å²) < 4.78 is 55.9. The van der Waals surface area contributed by atoms with Crippen LogP contribution in [-0.4, -0.2) is 38.1 Å². The number of hydrogen-bond donors (Lipinski definition) is 0. The highest BCUT2D eigenvalue weighted by atomic mass is 19.4. The standard InChI is InChI=1S/C13H17BF4NO/c15-13-10-11(4-5-12(13)14(16,17)18)20-9-3-8-19-6-1-2-7-19/h4-5,10H,1-3,6-9H2/q-1. The van der Waals surface area contributed by atoms with E-state index in [9.17, 15) is 17.3 Å². The second kappa shape index (κ2) is 6.48. The molecule has 1 heterocycles. The van der Waals surface area contributed by atoms with Gasteiger partial charge in [0.05, 0.1) is 12.4 Å². The molecule has 1 aliphatic rings. The van der Waals surface area contributed by atoms with Crippen molar-refractivity contribution in [3.63, 3.8) is 0 Å². The van der Waals surface area contributed by atoms with Crippen LogP contribution in [-0.2, 0) is 0 Å². The van der Waals surface area contributed by atoms with Crippen LogP contribution in [0.25, 0.3) is 0 Å². The summed E-state index contributed by atoms with van der Waals surface area (Å²) >= 11 is 0. The molecule has 1 aliphatic heterocycles. The fourth-order valence-corrected chi connectivity index (χ4v) is 2.35. The van der Waals surface area contributed by atoms with E-state index in [2.05, 4.69) is 4.90 Å². The van der Waals surface area contributed by atoms with Gasteiger partial charge in [0.2, 0.25) is 0 Å². The highest BCUT2D eigenvalue weighted by molar-refractivity contribution is 6.73. The molecule has 0 amide bonds. The molecule has 0 saturated carbocycles. The van der Waals surface area contributed by atoms with E-state index in [-0.39, 0.29) is 5.75 Å². The molecular weight excluding hydrogens is 273 g/mol. The van der Waals surface area contributed by atoms with Gasteiger partial charge in [0.25, 0.3) is 0 Å². The minimum absolute atomic E-state index is 0.146. The van der Waals surface area contributed by atoms with E-state index >= 15 is 0 Å². The third kappa shape index (κ3) is 4.13. The molecule has 2 rings (SSSR count). The van der Waals surface area contributed by atoms with Crippen molar-refractivity contribution in [1.29, 1.82) is 0 Å². The van der Waals surface area contributed by atoms with Gasteiger partial charge in [-0.15, -0.1) is 0 Å². The molecule has 2 nitrogen and oxygen atoms in total. The molecular formula is C13H17BF4NO-. The summed E-state index contributed by atoms with van der Waals surface area (Å²) in [6.07, 6.45) is 3.21. The molecule has 0 unspecified atom stereocenters. The second-order valence-electron chi connectivity index (χ2n) is 5.01. The number of likely N-dealkylation sites (tertiary alicyclic amines) is 1. The highest BCUT2D eigenvalue weighted by Gasteiger charge is 2.28. The number of nitrogens with zero attached hydrogens (tertiary/aromatic N) is 1. The smallest absolute Gasteiger partial charge is 0.493 e. The molecule has 1 aromatic rings. The lowest BCUT2D eigenvalue weighted by Crippen LogP contribution is -2.36. The third-order valence-corrected chi connectivity index (χ3v) is 3.41. The van der Waals surface area contributed by atoms with Crippen LogP contribution in [0.5, 0.6) is 5.75 Å². The van der Waals surface area contributed by atoms with E-state index < -0.39 is 18.3 Å². The Hall–Kier alpha value is -1.24. The zero-order chi connectivity index (χ0) is 14.6. The Labute approximate surface area is 115 Å². The van der Waals surface area contributed by atoms with Gasteiger partial charge < -0.3 is 22.6 Å². The first-order chi connectivity index (χ1) is 9.47. The quantitative estimate of drug-likeness (QED) is 0.454. The van der Waals surface area contributed by atoms with Crippen LogP contribution in [0.15, 0.2) is 18.2 Å². The molecule has 0 aromatic heterocycles. The van der Waals surface area contributed by atoms with Crippen LogP contribution in [0.2, 0.25) is 0 Å². The molecule has 0 aliphatic carbocycles. The zero-order valence-electron chi connectivity index (χ0n) is 11.1. The number of rotatable bonds is 6. The number of halogens is 4. The molecule has 0 N–H and O–H groups in total. The first-order valence-corrected chi connectivity index (χ1v) is 6.81. The molecule has 112 valence electrons. The van der Waals surface area contributed by atoms with Gasteiger partial charge >= 0.3 is 6.98 Å². The number of ether oxygens (including phenoxy) is 1. The van der Waals surface area contributed by atoms with E-state index in [1.165, 1.54) is 18.9 Å². The van der Waals surface area contributed by atoms with Gasteiger partial charge in [-0.05, 0) is 38.4 Å². The molecule has 7 heteroatoms. The molecule has 0 atom stereocenters. The van der Waals surface area contributed by atoms with Crippen molar-refractivity contribution in [3.8, 4) is 5.75 Å². The van der Waals surface area contributed by atoms with Crippen LogP contribution in [0.3, 0.4) is 0 Å². The van der Waals surface area contributed by atoms with Crippen molar-refractivity contribution in [2.24, 2.45) is 0 Å². The van der Waals surface area contributed by atoms with Crippen LogP contribution < -0.4 is 10.2 Å². The lowest BCUT2D eigenvalue weighted by Gasteiger charge is -2.17. The minimum Gasteiger partial charge on any atom is -0.493 e. The topological polar surface area (TPSA) is 12.5 Å². The second-order valence-corrected chi connectivity index (χ2v) is 5.01. The van der Waals surface area contributed by atoms with Crippen molar-refractivity contribution in [1.82, 2.24) is 4.90 Å². The van der Waals surface area contributed by atoms with Gasteiger partial charge in [-0.3, -0.25) is 0 Å². The van der Waals surface area contributed by atoms with Gasteiger partial charge in [0.15, 0.2) is 0 Å². The average molecular weight is 290 g/mol. The van der Waals surface area contributed by atoms with Crippen LogP contribution >= 0.6 is 0 Å². The lowest BCUT2D eigenvalue weighted by molar-refractivity contribution is 0.262. The number of benzene rings is 1. The normalized spacial score (nSPS) is 16.6. The Bertz CT molecular complexity index is 446. The summed E-state index contributed by atoms with van der Waals surface area (Å²) in [6.45, 7) is -1.83. The summed E-state index contributed by atoms with van der Waals surface area (Å²) in [6, 6.07) is 2.72. The molecule has 1 fully saturated rings. The monoisotopic (exact) mass is 290 g/mol. The van der Waals surface area contributed by atoms with Crippen molar-refractivity contribution in [2.75, 3.05) is 26.2 Å². The van der Waals surface area contributed by atoms with Crippen molar-refractivity contribution in [2.45, 2.75) is 19.3 Å². The maximum atomic E-state index is 13.3. The van der Waals surface area contributed by atoms with Crippen LogP contribution in [0, 0.1) is 5.82 Å². The van der Waals surface area contributed by atoms with Gasteiger partial charge in [-0.2, -0.15) is 0 Å². The Morgan fingerprint density at radius 1 is 1.15 bits per heavy atom. The van der Waals surface area contributed by atoms with E-state index in [1.54, 1.807) is 0 Å². The predicted octanol–water partition coefficient (Wildman–Crippen LogP) is 2.74. The summed E-state index contributed by atoms with van der Waals surface area (Å²) in [5, 5.41) is 0. The predicted molar refractivity (Wildman–Crippen MR) is 70.9 cm³/mol. The summed E-state index contributed by atoms with van der Waals surface area (Å²) in [4.78, 5) is 2.32. The van der Waals surface area contributed by atoms with E-state index in [0.29, 0.717) is 6.61 Å². The molecule has 0 spiro atoms. The first kappa shape index (κ1) is 15.2. The Morgan fingerprint density at radius 2 is 1.85 bits per heavy atom. The maximum absolute atomic E-state index is 13.3. The minimum atomic E-state index is -5.31. The SMILES string of the molecule is Fc1cc(OCCCN2CCCC2)ccc1[B-](F)(F)F. The van der Waals surface area contributed by atoms with Crippen molar-refractivity contribution < 1.29 is 22.1 Å². The zero-order valence-corrected chi connectivity index (χ0v) is 11.1. The van der Waals surface area contributed by atoms with Gasteiger partial charge in [-0.1, -0.05) is 11.5 Å². The Balaban J connectivity index is 1.80. The third-order valence-electron chi connectivity index (χ3n) is 3.41. The van der Waals surface area contributed by atoms with Crippen LogP contribution in [0.4, 0.5) is 17.3 Å². The molecule has 0 radical (unpaired) electrons. The Morgan fingerprint density at radius 3 is 2.45 bits per heavy atom. The van der Waals surface area contributed by atoms with E-state index in [1.807, 2.05) is 0 Å². The fourth-order valence-electron chi connectivity index (χ4n) is 2.35. The Kier molecular flexibility index (Phi) is 4.91. The van der Waals surface area contributed by atoms with Crippen molar-refractivity contribution >= 4 is 12.4 Å². The van der Waals surface area contributed by atoms with E-state index in [4.69, 9.17) is 4.74 Å². The fraction of sp³-hybridized carbons (Fsp3) is 0.538. The summed E-state index contributed by atoms with van der Waals surface area (Å²) in [5.74, 6) is -1.12. The van der Waals surface area contributed by atoms with Crippen molar-refractivity contribution in [3.05, 3.63) is 24.0 Å². The average Bonchev–Trinajstić information content (AvgIpc) is 2.86. The first-order valence-electron chi connectivity index (χ1n) is 6.81. The van der Waals surface area contributed by atoms with Crippen LogP contribution in [0.1, 0.15) is 19.3 Å². The molecule has 1 saturated heterocycles. The lowest BCUT2D eigenvalue weighted by atomic mass is 9.80. The van der Waals surface area contributed by atoms with Gasteiger partial charge in [0, 0.05) is 12.6 Å². The summed E-state index contributed by atoms with van der Waals surface area (Å²) in [7, 11) is 0. The van der Waals surface area contributed by atoms with Gasteiger partial charge in [-0.25, -0.2) is 4.39 Å². The summed E-state index contributed by atoms with van der Waals surface area (Å²) in [5.41, 5.74) is -1.20. The van der Waals surface area contributed by atoms with Gasteiger partial charge in [0.1, 0.15) is 5.75 Å².